The first-order valence-corrected chi connectivity index (χ1v) is 8.34. The van der Waals surface area contributed by atoms with Gasteiger partial charge in [0.1, 0.15) is 0 Å². The molecule has 2 aromatic rings. The predicted octanol–water partition coefficient (Wildman–Crippen LogP) is 0.546. The number of hydrogen-bond donors (Lipinski definition) is 2. The van der Waals surface area contributed by atoms with Gasteiger partial charge in [-0.25, -0.2) is 9.97 Å². The van der Waals surface area contributed by atoms with E-state index in [1.807, 2.05) is 12.1 Å². The van der Waals surface area contributed by atoms with E-state index in [4.69, 9.17) is 4.74 Å². The van der Waals surface area contributed by atoms with Crippen LogP contribution in [-0.2, 0) is 11.3 Å². The van der Waals surface area contributed by atoms with Crippen LogP contribution in [0.25, 0.3) is 0 Å². The van der Waals surface area contributed by atoms with Gasteiger partial charge in [0.2, 0.25) is 5.95 Å². The van der Waals surface area contributed by atoms with Gasteiger partial charge in [-0.3, -0.25) is 14.7 Å². The molecule has 25 heavy (non-hydrogen) atoms. The van der Waals surface area contributed by atoms with Crippen LogP contribution >= 0.6 is 0 Å². The predicted molar refractivity (Wildman–Crippen MR) is 93.2 cm³/mol. The maximum Gasteiger partial charge on any atom is 0.254 e. The van der Waals surface area contributed by atoms with Gasteiger partial charge >= 0.3 is 0 Å². The highest BCUT2D eigenvalue weighted by Gasteiger charge is 2.11. The maximum atomic E-state index is 12.1. The highest BCUT2D eigenvalue weighted by atomic mass is 16.5. The van der Waals surface area contributed by atoms with Gasteiger partial charge < -0.3 is 15.4 Å². The molecule has 1 aliphatic heterocycles. The fourth-order valence-electron chi connectivity index (χ4n) is 2.47. The van der Waals surface area contributed by atoms with Crippen molar-refractivity contribution in [3.05, 3.63) is 48.0 Å². The Labute approximate surface area is 146 Å². The van der Waals surface area contributed by atoms with Gasteiger partial charge in [0.25, 0.3) is 5.91 Å². The molecule has 0 spiro atoms. The fraction of sp³-hybridized carbons (Fsp3) is 0.412. The molecular weight excluding hydrogens is 320 g/mol. The van der Waals surface area contributed by atoms with Gasteiger partial charge in [0.15, 0.2) is 0 Å². The Bertz CT molecular complexity index is 659. The van der Waals surface area contributed by atoms with Gasteiger partial charge in [0.05, 0.1) is 18.8 Å². The zero-order valence-electron chi connectivity index (χ0n) is 14.0. The number of nitrogens with zero attached hydrogens (tertiary/aromatic N) is 4. The number of ether oxygens (including phenoxy) is 1. The van der Waals surface area contributed by atoms with Crippen LogP contribution in [0.4, 0.5) is 5.95 Å². The Morgan fingerprint density at radius 1 is 1.16 bits per heavy atom. The van der Waals surface area contributed by atoms with E-state index >= 15 is 0 Å². The summed E-state index contributed by atoms with van der Waals surface area (Å²) in [5.41, 5.74) is 1.54. The van der Waals surface area contributed by atoms with Crippen LogP contribution in [0.3, 0.4) is 0 Å². The fourth-order valence-corrected chi connectivity index (χ4v) is 2.47. The maximum absolute atomic E-state index is 12.1. The van der Waals surface area contributed by atoms with Crippen LogP contribution < -0.4 is 10.6 Å². The zero-order chi connectivity index (χ0) is 17.3. The lowest BCUT2D eigenvalue weighted by molar-refractivity contribution is 0.0383. The average molecular weight is 342 g/mol. The van der Waals surface area contributed by atoms with Crippen LogP contribution in [0.2, 0.25) is 0 Å². The Balaban J connectivity index is 1.42. The molecule has 8 heteroatoms. The van der Waals surface area contributed by atoms with Crippen LogP contribution in [0, 0.1) is 0 Å². The van der Waals surface area contributed by atoms with E-state index < -0.39 is 0 Å². The first-order valence-electron chi connectivity index (χ1n) is 8.34. The molecule has 3 heterocycles. The number of amides is 1. The quantitative estimate of drug-likeness (QED) is 0.759. The van der Waals surface area contributed by atoms with E-state index in [1.54, 1.807) is 12.4 Å². The first kappa shape index (κ1) is 17.2. The molecule has 0 unspecified atom stereocenters. The van der Waals surface area contributed by atoms with Crippen molar-refractivity contribution < 1.29 is 9.53 Å². The third-order valence-electron chi connectivity index (χ3n) is 3.93. The van der Waals surface area contributed by atoms with Crippen molar-refractivity contribution in [1.29, 1.82) is 0 Å². The van der Waals surface area contributed by atoms with E-state index in [0.717, 1.165) is 38.4 Å². The molecular formula is C17H22N6O2. The van der Waals surface area contributed by atoms with Crippen molar-refractivity contribution in [1.82, 2.24) is 25.2 Å². The Morgan fingerprint density at radius 3 is 2.60 bits per heavy atom. The molecule has 0 aromatic carbocycles. The van der Waals surface area contributed by atoms with E-state index in [1.165, 1.54) is 12.4 Å². The summed E-state index contributed by atoms with van der Waals surface area (Å²) in [6.07, 6.45) is 6.54. The van der Waals surface area contributed by atoms with E-state index in [0.29, 0.717) is 24.6 Å². The summed E-state index contributed by atoms with van der Waals surface area (Å²) in [6.45, 7) is 5.37. The summed E-state index contributed by atoms with van der Waals surface area (Å²) in [5, 5.41) is 6.01. The standard InChI is InChI=1S/C17H22N6O2/c24-16(19-5-6-23-7-9-25-10-8-23)15-12-21-17(22-13-15)20-11-14-1-3-18-4-2-14/h1-4,12-13H,5-11H2,(H,19,24)(H,20,21,22). The van der Waals surface area contributed by atoms with Gasteiger partial charge in [-0.05, 0) is 17.7 Å². The molecule has 0 atom stereocenters. The Kier molecular flexibility index (Phi) is 6.24. The lowest BCUT2D eigenvalue weighted by atomic mass is 10.3. The number of rotatable bonds is 7. The molecule has 1 aliphatic rings. The van der Waals surface area contributed by atoms with E-state index in [2.05, 4.69) is 30.5 Å². The molecule has 1 fully saturated rings. The third-order valence-corrected chi connectivity index (χ3v) is 3.93. The van der Waals surface area contributed by atoms with Crippen molar-refractivity contribution in [2.45, 2.75) is 6.54 Å². The third kappa shape index (κ3) is 5.47. The van der Waals surface area contributed by atoms with E-state index in [9.17, 15) is 4.79 Å². The van der Waals surface area contributed by atoms with Crippen molar-refractivity contribution in [3.8, 4) is 0 Å². The van der Waals surface area contributed by atoms with Gasteiger partial charge in [-0.1, -0.05) is 0 Å². The minimum atomic E-state index is -0.158. The second-order valence-electron chi connectivity index (χ2n) is 5.71. The molecule has 0 aliphatic carbocycles. The molecule has 8 nitrogen and oxygen atoms in total. The molecule has 2 N–H and O–H groups in total. The summed E-state index contributed by atoms with van der Waals surface area (Å²) < 4.78 is 5.30. The number of morpholine rings is 1. The number of nitrogens with one attached hydrogen (secondary N) is 2. The van der Waals surface area contributed by atoms with Crippen LogP contribution in [0.15, 0.2) is 36.9 Å². The largest absolute Gasteiger partial charge is 0.379 e. The van der Waals surface area contributed by atoms with Crippen molar-refractivity contribution in [3.63, 3.8) is 0 Å². The number of pyridine rings is 1. The molecule has 0 saturated carbocycles. The van der Waals surface area contributed by atoms with Crippen LogP contribution in [-0.4, -0.2) is 65.2 Å². The Hall–Kier alpha value is -2.58. The highest BCUT2D eigenvalue weighted by molar-refractivity contribution is 5.93. The zero-order valence-corrected chi connectivity index (χ0v) is 14.0. The highest BCUT2D eigenvalue weighted by Crippen LogP contribution is 2.04. The topological polar surface area (TPSA) is 92.3 Å². The molecule has 2 aromatic heterocycles. The SMILES string of the molecule is O=C(NCCN1CCOCC1)c1cnc(NCc2ccncc2)nc1. The smallest absolute Gasteiger partial charge is 0.254 e. The first-order chi connectivity index (χ1) is 12.3. The normalized spacial score (nSPS) is 14.9. The number of aromatic nitrogens is 3. The number of carbonyl (C=O) groups excluding carboxylic acids is 1. The van der Waals surface area contributed by atoms with Gasteiger partial charge in [0, 0.05) is 57.5 Å². The number of hydrogen-bond acceptors (Lipinski definition) is 7. The summed E-state index contributed by atoms with van der Waals surface area (Å²) in [6, 6.07) is 3.84. The van der Waals surface area contributed by atoms with Crippen LogP contribution in [0.1, 0.15) is 15.9 Å². The van der Waals surface area contributed by atoms with Gasteiger partial charge in [-0.15, -0.1) is 0 Å². The van der Waals surface area contributed by atoms with Crippen LogP contribution in [0.5, 0.6) is 0 Å². The second-order valence-corrected chi connectivity index (χ2v) is 5.71. The molecule has 0 bridgehead atoms. The average Bonchev–Trinajstić information content (AvgIpc) is 2.68. The number of anilines is 1. The monoisotopic (exact) mass is 342 g/mol. The summed E-state index contributed by atoms with van der Waals surface area (Å²) in [5.74, 6) is 0.329. The minimum Gasteiger partial charge on any atom is -0.379 e. The molecule has 1 saturated heterocycles. The minimum absolute atomic E-state index is 0.158. The van der Waals surface area contributed by atoms with Gasteiger partial charge in [-0.2, -0.15) is 0 Å². The van der Waals surface area contributed by atoms with Crippen molar-refractivity contribution >= 4 is 11.9 Å². The summed E-state index contributed by atoms with van der Waals surface area (Å²) in [4.78, 5) is 26.7. The molecule has 1 amide bonds. The number of carbonyl (C=O) groups is 1. The van der Waals surface area contributed by atoms with E-state index in [-0.39, 0.29) is 5.91 Å². The van der Waals surface area contributed by atoms with Crippen molar-refractivity contribution in [2.24, 2.45) is 0 Å². The summed E-state index contributed by atoms with van der Waals surface area (Å²) in [7, 11) is 0. The van der Waals surface area contributed by atoms with Crippen molar-refractivity contribution in [2.75, 3.05) is 44.7 Å². The lowest BCUT2D eigenvalue weighted by Crippen LogP contribution is -2.41. The molecule has 3 rings (SSSR count). The summed E-state index contributed by atoms with van der Waals surface area (Å²) >= 11 is 0. The second kappa shape index (κ2) is 9.05. The molecule has 132 valence electrons. The molecule has 0 radical (unpaired) electrons. The Morgan fingerprint density at radius 2 is 1.88 bits per heavy atom. The lowest BCUT2D eigenvalue weighted by Gasteiger charge is -2.26.